The predicted octanol–water partition coefficient (Wildman–Crippen LogP) is 3.92. The number of benzene rings is 1. The van der Waals surface area contributed by atoms with Crippen LogP contribution in [0.5, 0.6) is 0 Å². The monoisotopic (exact) mass is 308 g/mol. The fourth-order valence-corrected chi connectivity index (χ4v) is 5.70. The van der Waals surface area contributed by atoms with Gasteiger partial charge in [0.25, 0.3) is 10.1 Å². The van der Waals surface area contributed by atoms with E-state index in [0.717, 1.165) is 18.4 Å². The van der Waals surface area contributed by atoms with Gasteiger partial charge in [0.15, 0.2) is 0 Å². The molecular weight excluding hydrogens is 284 g/mol. The first-order valence-electron chi connectivity index (χ1n) is 7.65. The summed E-state index contributed by atoms with van der Waals surface area (Å²) in [4.78, 5) is 0.260. The molecule has 116 valence electrons. The molecule has 2 aliphatic carbocycles. The summed E-state index contributed by atoms with van der Waals surface area (Å²) >= 11 is 0. The van der Waals surface area contributed by atoms with E-state index in [9.17, 15) is 8.42 Å². The van der Waals surface area contributed by atoms with Crippen LogP contribution in [0.3, 0.4) is 0 Å². The van der Waals surface area contributed by atoms with Gasteiger partial charge in [0.1, 0.15) is 0 Å². The third-order valence-electron chi connectivity index (χ3n) is 5.67. The number of hydrogen-bond acceptors (Lipinski definition) is 3. The van der Waals surface area contributed by atoms with Crippen LogP contribution in [0.25, 0.3) is 0 Å². The van der Waals surface area contributed by atoms with Crippen LogP contribution in [0.4, 0.5) is 0 Å². The summed E-state index contributed by atoms with van der Waals surface area (Å²) in [7, 11) is -3.69. The molecule has 0 amide bonds. The van der Waals surface area contributed by atoms with E-state index in [1.54, 1.807) is 12.1 Å². The molecule has 0 heterocycles. The molecule has 0 aromatic heterocycles. The molecule has 2 aliphatic rings. The molecular formula is C17H24O3S. The van der Waals surface area contributed by atoms with Crippen LogP contribution in [-0.2, 0) is 14.3 Å². The Balaban J connectivity index is 1.91. The van der Waals surface area contributed by atoms with Gasteiger partial charge < -0.3 is 0 Å². The average molecular weight is 308 g/mol. The molecule has 0 N–H and O–H groups in total. The summed E-state index contributed by atoms with van der Waals surface area (Å²) in [5.74, 6) is 0.570. The molecule has 3 unspecified atom stereocenters. The molecule has 2 bridgehead atoms. The van der Waals surface area contributed by atoms with Gasteiger partial charge in [-0.2, -0.15) is 8.42 Å². The second-order valence-corrected chi connectivity index (χ2v) is 9.23. The molecule has 0 saturated heterocycles. The van der Waals surface area contributed by atoms with Crippen molar-refractivity contribution in [1.82, 2.24) is 0 Å². The maximum atomic E-state index is 12.6. The molecule has 1 aromatic rings. The quantitative estimate of drug-likeness (QED) is 0.795. The van der Waals surface area contributed by atoms with Gasteiger partial charge in [0.2, 0.25) is 0 Å². The lowest BCUT2D eigenvalue weighted by Crippen LogP contribution is -2.43. The van der Waals surface area contributed by atoms with Crippen molar-refractivity contribution >= 4 is 10.1 Å². The Morgan fingerprint density at radius 3 is 2.29 bits per heavy atom. The normalized spacial score (nSPS) is 34.3. The van der Waals surface area contributed by atoms with Gasteiger partial charge in [-0.05, 0) is 55.1 Å². The molecule has 2 fully saturated rings. The second kappa shape index (κ2) is 4.56. The second-order valence-electron chi connectivity index (χ2n) is 7.66. The maximum absolute atomic E-state index is 12.6. The summed E-state index contributed by atoms with van der Waals surface area (Å²) in [6.45, 7) is 8.42. The zero-order chi connectivity index (χ0) is 15.5. The molecule has 3 rings (SSSR count). The highest BCUT2D eigenvalue weighted by molar-refractivity contribution is 7.86. The lowest BCUT2D eigenvalue weighted by Gasteiger charge is -2.41. The molecule has 0 radical (unpaired) electrons. The summed E-state index contributed by atoms with van der Waals surface area (Å²) in [5.41, 5.74) is 0.956. The largest absolute Gasteiger partial charge is 0.297 e. The van der Waals surface area contributed by atoms with Gasteiger partial charge in [-0.1, -0.05) is 38.5 Å². The first-order chi connectivity index (χ1) is 9.65. The molecule has 0 spiro atoms. The van der Waals surface area contributed by atoms with Gasteiger partial charge in [-0.15, -0.1) is 0 Å². The molecule has 2 saturated carbocycles. The van der Waals surface area contributed by atoms with Gasteiger partial charge in [0, 0.05) is 0 Å². The van der Waals surface area contributed by atoms with E-state index in [1.807, 2.05) is 19.1 Å². The standard InChI is InChI=1S/C17H24O3S/c1-12-5-7-14(8-6-12)21(18,19)20-15-16(2,3)13-9-10-17(15,4)11-13/h5-8,13,15H,9-11H2,1-4H3. The number of aryl methyl sites for hydroxylation is 1. The smallest absolute Gasteiger partial charge is 0.262 e. The molecule has 3 nitrogen and oxygen atoms in total. The van der Waals surface area contributed by atoms with Crippen LogP contribution in [0.2, 0.25) is 0 Å². The highest BCUT2D eigenvalue weighted by atomic mass is 32.2. The van der Waals surface area contributed by atoms with Crippen molar-refractivity contribution in [2.45, 2.75) is 58.0 Å². The van der Waals surface area contributed by atoms with Crippen LogP contribution in [0.1, 0.15) is 45.6 Å². The van der Waals surface area contributed by atoms with Crippen LogP contribution >= 0.6 is 0 Å². The fraction of sp³-hybridized carbons (Fsp3) is 0.647. The van der Waals surface area contributed by atoms with Crippen molar-refractivity contribution < 1.29 is 12.6 Å². The highest BCUT2D eigenvalue weighted by Gasteiger charge is 2.61. The lowest BCUT2D eigenvalue weighted by molar-refractivity contribution is -0.00975. The Hall–Kier alpha value is -0.870. The van der Waals surface area contributed by atoms with Crippen LogP contribution < -0.4 is 0 Å². The van der Waals surface area contributed by atoms with Crippen LogP contribution in [-0.4, -0.2) is 14.5 Å². The van der Waals surface area contributed by atoms with E-state index in [4.69, 9.17) is 4.18 Å². The number of rotatable bonds is 3. The Morgan fingerprint density at radius 1 is 1.14 bits per heavy atom. The van der Waals surface area contributed by atoms with E-state index in [1.165, 1.54) is 6.42 Å². The summed E-state index contributed by atoms with van der Waals surface area (Å²) < 4.78 is 30.9. The fourth-order valence-electron chi connectivity index (χ4n) is 4.38. The third-order valence-corrected chi connectivity index (χ3v) is 6.97. The van der Waals surface area contributed by atoms with Crippen molar-refractivity contribution in [3.63, 3.8) is 0 Å². The summed E-state index contributed by atoms with van der Waals surface area (Å²) in [6, 6.07) is 6.88. The van der Waals surface area contributed by atoms with Gasteiger partial charge in [-0.25, -0.2) is 0 Å². The Kier molecular flexibility index (Phi) is 3.27. The summed E-state index contributed by atoms with van der Waals surface area (Å²) in [6.07, 6.45) is 3.10. The maximum Gasteiger partial charge on any atom is 0.297 e. The molecule has 3 atom stereocenters. The molecule has 21 heavy (non-hydrogen) atoms. The number of fused-ring (bicyclic) bond motifs is 2. The minimum absolute atomic E-state index is 0.00800. The summed E-state index contributed by atoms with van der Waals surface area (Å²) in [5, 5.41) is 0. The Labute approximate surface area is 127 Å². The SMILES string of the molecule is Cc1ccc(S(=O)(=O)OC2C3(C)CCC(C3)C2(C)C)cc1. The van der Waals surface area contributed by atoms with Crippen molar-refractivity contribution in [3.05, 3.63) is 29.8 Å². The van der Waals surface area contributed by atoms with Crippen molar-refractivity contribution in [2.75, 3.05) is 0 Å². The van der Waals surface area contributed by atoms with Crippen molar-refractivity contribution in [1.29, 1.82) is 0 Å². The molecule has 4 heteroatoms. The predicted molar refractivity (Wildman–Crippen MR) is 82.5 cm³/mol. The molecule has 0 aliphatic heterocycles. The van der Waals surface area contributed by atoms with Gasteiger partial charge in [0.05, 0.1) is 11.0 Å². The van der Waals surface area contributed by atoms with Crippen molar-refractivity contribution in [2.24, 2.45) is 16.7 Å². The van der Waals surface area contributed by atoms with E-state index >= 15 is 0 Å². The average Bonchev–Trinajstić information content (AvgIpc) is 2.87. The Bertz CT molecular complexity index is 640. The first kappa shape index (κ1) is 15.0. The van der Waals surface area contributed by atoms with Crippen molar-refractivity contribution in [3.8, 4) is 0 Å². The highest BCUT2D eigenvalue weighted by Crippen LogP contribution is 2.63. The lowest BCUT2D eigenvalue weighted by atomic mass is 9.70. The zero-order valence-electron chi connectivity index (χ0n) is 13.2. The van der Waals surface area contributed by atoms with Gasteiger partial charge >= 0.3 is 0 Å². The van der Waals surface area contributed by atoms with E-state index < -0.39 is 10.1 Å². The van der Waals surface area contributed by atoms with E-state index in [0.29, 0.717) is 5.92 Å². The minimum atomic E-state index is -3.69. The topological polar surface area (TPSA) is 43.4 Å². The third kappa shape index (κ3) is 2.33. The minimum Gasteiger partial charge on any atom is -0.262 e. The van der Waals surface area contributed by atoms with E-state index in [2.05, 4.69) is 20.8 Å². The zero-order valence-corrected chi connectivity index (χ0v) is 14.0. The number of hydrogen-bond donors (Lipinski definition) is 0. The van der Waals surface area contributed by atoms with Gasteiger partial charge in [-0.3, -0.25) is 4.18 Å². The first-order valence-corrected chi connectivity index (χ1v) is 9.06. The van der Waals surface area contributed by atoms with Crippen LogP contribution in [0, 0.1) is 23.7 Å². The van der Waals surface area contributed by atoms with E-state index in [-0.39, 0.29) is 21.8 Å². The Morgan fingerprint density at radius 2 is 1.76 bits per heavy atom. The molecule has 1 aromatic carbocycles. The van der Waals surface area contributed by atoms with Crippen LogP contribution in [0.15, 0.2) is 29.2 Å².